The van der Waals surface area contributed by atoms with E-state index >= 15 is 0 Å². The third-order valence-electron chi connectivity index (χ3n) is 3.66. The number of hydrogen-bond donors (Lipinski definition) is 1. The third kappa shape index (κ3) is 2.84. The van der Waals surface area contributed by atoms with E-state index in [1.165, 1.54) is 32.1 Å². The number of carboxylic acids is 1. The smallest absolute Gasteiger partial charge is 0.358 e. The number of carbonyl (C=O) groups is 1. The Hall–Kier alpha value is -1.39. The Kier molecular flexibility index (Phi) is 3.76. The molecule has 94 valence electrons. The average molecular weight is 237 g/mol. The first-order valence-corrected chi connectivity index (χ1v) is 6.30. The summed E-state index contributed by atoms with van der Waals surface area (Å²) >= 11 is 0. The number of rotatable bonds is 4. The Morgan fingerprint density at radius 2 is 2.12 bits per heavy atom. The monoisotopic (exact) mass is 237 g/mol. The molecule has 0 saturated heterocycles. The summed E-state index contributed by atoms with van der Waals surface area (Å²) in [6.45, 7) is 0. The Morgan fingerprint density at radius 3 is 2.76 bits per heavy atom. The standard InChI is InChI=1S/C12H19N3O2/c1-15-10(11(12(16)17)13-14-15)8-7-9-5-3-2-4-6-9/h9H,2-8H2,1H3,(H,16,17). The van der Waals surface area contributed by atoms with Gasteiger partial charge in [0.1, 0.15) is 0 Å². The van der Waals surface area contributed by atoms with E-state index in [0.29, 0.717) is 0 Å². The number of hydrogen-bond acceptors (Lipinski definition) is 3. The molecule has 1 aromatic heterocycles. The second-order valence-electron chi connectivity index (χ2n) is 4.86. The molecule has 0 amide bonds. The van der Waals surface area contributed by atoms with Crippen molar-refractivity contribution in [2.75, 3.05) is 0 Å². The van der Waals surface area contributed by atoms with Crippen LogP contribution in [0.15, 0.2) is 0 Å². The van der Waals surface area contributed by atoms with Gasteiger partial charge in [-0.05, 0) is 18.8 Å². The summed E-state index contributed by atoms with van der Waals surface area (Å²) < 4.78 is 1.59. The van der Waals surface area contributed by atoms with Gasteiger partial charge < -0.3 is 5.11 Å². The first kappa shape index (κ1) is 12.1. The van der Waals surface area contributed by atoms with E-state index in [1.807, 2.05) is 0 Å². The van der Waals surface area contributed by atoms with E-state index in [4.69, 9.17) is 5.11 Å². The maximum absolute atomic E-state index is 11.0. The van der Waals surface area contributed by atoms with E-state index in [1.54, 1.807) is 11.7 Å². The molecule has 2 rings (SSSR count). The Labute approximate surface area is 101 Å². The third-order valence-corrected chi connectivity index (χ3v) is 3.66. The van der Waals surface area contributed by atoms with Gasteiger partial charge in [0.2, 0.25) is 0 Å². The second-order valence-corrected chi connectivity index (χ2v) is 4.86. The fourth-order valence-electron chi connectivity index (χ4n) is 2.64. The summed E-state index contributed by atoms with van der Waals surface area (Å²) in [6, 6.07) is 0. The topological polar surface area (TPSA) is 68.0 Å². The van der Waals surface area contributed by atoms with Crippen LogP contribution in [0.3, 0.4) is 0 Å². The zero-order valence-corrected chi connectivity index (χ0v) is 10.2. The second kappa shape index (κ2) is 5.29. The maximum atomic E-state index is 11.0. The molecule has 1 fully saturated rings. The first-order chi connectivity index (χ1) is 8.18. The predicted octanol–water partition coefficient (Wildman–Crippen LogP) is 2.03. The molecule has 1 heterocycles. The minimum atomic E-state index is -0.975. The summed E-state index contributed by atoms with van der Waals surface area (Å²) in [5, 5.41) is 16.5. The van der Waals surface area contributed by atoms with E-state index < -0.39 is 5.97 Å². The van der Waals surface area contributed by atoms with Crippen LogP contribution >= 0.6 is 0 Å². The highest BCUT2D eigenvalue weighted by molar-refractivity contribution is 5.86. The number of aromatic nitrogens is 3. The van der Waals surface area contributed by atoms with Gasteiger partial charge in [-0.2, -0.15) is 0 Å². The molecule has 5 nitrogen and oxygen atoms in total. The quantitative estimate of drug-likeness (QED) is 0.870. The van der Waals surface area contributed by atoms with E-state index in [0.717, 1.165) is 24.5 Å². The summed E-state index contributed by atoms with van der Waals surface area (Å²) in [7, 11) is 1.76. The lowest BCUT2D eigenvalue weighted by molar-refractivity contribution is 0.0689. The van der Waals surface area contributed by atoms with E-state index in [9.17, 15) is 4.79 Å². The summed E-state index contributed by atoms with van der Waals surface area (Å²) in [4.78, 5) is 11.0. The van der Waals surface area contributed by atoms with Crippen molar-refractivity contribution in [3.8, 4) is 0 Å². The normalized spacial score (nSPS) is 17.2. The fourth-order valence-corrected chi connectivity index (χ4v) is 2.64. The Morgan fingerprint density at radius 1 is 1.41 bits per heavy atom. The number of nitrogens with zero attached hydrogens (tertiary/aromatic N) is 3. The van der Waals surface area contributed by atoms with Crippen LogP contribution in [0.1, 0.15) is 54.7 Å². The number of aryl methyl sites for hydroxylation is 1. The number of carboxylic acid groups (broad SMARTS) is 1. The highest BCUT2D eigenvalue weighted by Crippen LogP contribution is 2.27. The van der Waals surface area contributed by atoms with Crippen LogP contribution in [-0.2, 0) is 13.5 Å². The Balaban J connectivity index is 1.97. The molecule has 1 saturated carbocycles. The van der Waals surface area contributed by atoms with Gasteiger partial charge >= 0.3 is 5.97 Å². The van der Waals surface area contributed by atoms with Gasteiger partial charge in [0.15, 0.2) is 5.69 Å². The van der Waals surface area contributed by atoms with Crippen LogP contribution < -0.4 is 0 Å². The molecular weight excluding hydrogens is 218 g/mol. The van der Waals surface area contributed by atoms with Crippen molar-refractivity contribution < 1.29 is 9.90 Å². The molecule has 1 aliphatic carbocycles. The molecule has 0 atom stereocenters. The van der Waals surface area contributed by atoms with Crippen molar-refractivity contribution in [1.82, 2.24) is 15.0 Å². The lowest BCUT2D eigenvalue weighted by Gasteiger charge is -2.21. The highest BCUT2D eigenvalue weighted by Gasteiger charge is 2.19. The van der Waals surface area contributed by atoms with Gasteiger partial charge in [0, 0.05) is 7.05 Å². The largest absolute Gasteiger partial charge is 0.476 e. The summed E-state index contributed by atoms with van der Waals surface area (Å²) in [6.07, 6.45) is 8.39. The maximum Gasteiger partial charge on any atom is 0.358 e. The molecule has 1 aromatic rings. The Bertz CT molecular complexity index is 394. The van der Waals surface area contributed by atoms with Gasteiger partial charge in [-0.3, -0.25) is 4.68 Å². The molecular formula is C12H19N3O2. The highest BCUT2D eigenvalue weighted by atomic mass is 16.4. The van der Waals surface area contributed by atoms with Gasteiger partial charge in [0.25, 0.3) is 0 Å². The molecule has 17 heavy (non-hydrogen) atoms. The molecule has 0 aliphatic heterocycles. The molecule has 0 aromatic carbocycles. The molecule has 0 unspecified atom stereocenters. The molecule has 0 bridgehead atoms. The van der Waals surface area contributed by atoms with Gasteiger partial charge in [-0.15, -0.1) is 5.10 Å². The number of aromatic carboxylic acids is 1. The van der Waals surface area contributed by atoms with Crippen LogP contribution in [0.2, 0.25) is 0 Å². The SMILES string of the molecule is Cn1nnc(C(=O)O)c1CCC1CCCCC1. The zero-order valence-electron chi connectivity index (χ0n) is 10.2. The van der Waals surface area contributed by atoms with Crippen molar-refractivity contribution in [2.24, 2.45) is 13.0 Å². The van der Waals surface area contributed by atoms with E-state index in [-0.39, 0.29) is 5.69 Å². The predicted molar refractivity (Wildman–Crippen MR) is 62.9 cm³/mol. The summed E-state index contributed by atoms with van der Waals surface area (Å²) in [5.41, 5.74) is 0.867. The molecule has 0 spiro atoms. The minimum absolute atomic E-state index is 0.114. The van der Waals surface area contributed by atoms with Crippen LogP contribution in [-0.4, -0.2) is 26.1 Å². The lowest BCUT2D eigenvalue weighted by atomic mass is 9.85. The van der Waals surface area contributed by atoms with Gasteiger partial charge in [-0.1, -0.05) is 37.3 Å². The van der Waals surface area contributed by atoms with Crippen LogP contribution in [0.5, 0.6) is 0 Å². The molecule has 5 heteroatoms. The van der Waals surface area contributed by atoms with Crippen molar-refractivity contribution in [3.63, 3.8) is 0 Å². The average Bonchev–Trinajstić information content (AvgIpc) is 2.69. The van der Waals surface area contributed by atoms with Crippen LogP contribution in [0.4, 0.5) is 0 Å². The lowest BCUT2D eigenvalue weighted by Crippen LogP contribution is -2.11. The van der Waals surface area contributed by atoms with Gasteiger partial charge in [0.05, 0.1) is 5.69 Å². The molecule has 0 radical (unpaired) electrons. The van der Waals surface area contributed by atoms with Crippen molar-refractivity contribution in [1.29, 1.82) is 0 Å². The molecule has 1 N–H and O–H groups in total. The minimum Gasteiger partial charge on any atom is -0.476 e. The molecule has 1 aliphatic rings. The van der Waals surface area contributed by atoms with Crippen molar-refractivity contribution in [2.45, 2.75) is 44.9 Å². The first-order valence-electron chi connectivity index (χ1n) is 6.30. The zero-order chi connectivity index (χ0) is 12.3. The van der Waals surface area contributed by atoms with E-state index in [2.05, 4.69) is 10.3 Å². The van der Waals surface area contributed by atoms with Gasteiger partial charge in [-0.25, -0.2) is 4.79 Å². The van der Waals surface area contributed by atoms with Crippen molar-refractivity contribution >= 4 is 5.97 Å². The summed E-state index contributed by atoms with van der Waals surface area (Å²) in [5.74, 6) is -0.225. The van der Waals surface area contributed by atoms with Crippen molar-refractivity contribution in [3.05, 3.63) is 11.4 Å². The van der Waals surface area contributed by atoms with Crippen LogP contribution in [0, 0.1) is 5.92 Å². The fraction of sp³-hybridized carbons (Fsp3) is 0.750. The van der Waals surface area contributed by atoms with Crippen LogP contribution in [0.25, 0.3) is 0 Å².